The fourth-order valence-corrected chi connectivity index (χ4v) is 1.34. The van der Waals surface area contributed by atoms with Crippen molar-refractivity contribution in [2.75, 3.05) is 6.61 Å². The van der Waals surface area contributed by atoms with E-state index in [9.17, 15) is 0 Å². The molecule has 1 unspecified atom stereocenters. The summed E-state index contributed by atoms with van der Waals surface area (Å²) in [5, 5.41) is 8.99. The Balaban J connectivity index is 1.99. The van der Waals surface area contributed by atoms with Crippen molar-refractivity contribution in [3.63, 3.8) is 0 Å². The van der Waals surface area contributed by atoms with Crippen LogP contribution < -0.4 is 0 Å². The van der Waals surface area contributed by atoms with Gasteiger partial charge < -0.3 is 9.84 Å². The molecular formula is C15H20O2. The molecule has 0 saturated carbocycles. The summed E-state index contributed by atoms with van der Waals surface area (Å²) >= 11 is 0. The Morgan fingerprint density at radius 3 is 2.71 bits per heavy atom. The highest BCUT2D eigenvalue weighted by molar-refractivity contribution is 5.13. The van der Waals surface area contributed by atoms with Crippen molar-refractivity contribution in [2.24, 2.45) is 0 Å². The Hall–Kier alpha value is -1.30. The zero-order valence-electron chi connectivity index (χ0n) is 10.4. The smallest absolute Gasteiger partial charge is 0.0716 e. The Kier molecular flexibility index (Phi) is 7.13. The lowest BCUT2D eigenvalue weighted by atomic mass is 10.2. The van der Waals surface area contributed by atoms with Crippen molar-refractivity contribution in [1.82, 2.24) is 0 Å². The lowest BCUT2D eigenvalue weighted by molar-refractivity contribution is 0.119. The van der Waals surface area contributed by atoms with Gasteiger partial charge in [0, 0.05) is 19.4 Å². The fraction of sp³-hybridized carbons (Fsp3) is 0.467. The van der Waals surface area contributed by atoms with Gasteiger partial charge in [-0.2, -0.15) is 0 Å². The Bertz CT molecular complexity index is 346. The Labute approximate surface area is 104 Å². The lowest BCUT2D eigenvalue weighted by Crippen LogP contribution is -1.96. The third-order valence-corrected chi connectivity index (χ3v) is 2.22. The predicted molar refractivity (Wildman–Crippen MR) is 69.4 cm³/mol. The number of unbranched alkanes of at least 4 members (excludes halogenated alkanes) is 1. The zero-order valence-corrected chi connectivity index (χ0v) is 10.4. The summed E-state index contributed by atoms with van der Waals surface area (Å²) < 4.78 is 5.53. The molecule has 2 nitrogen and oxygen atoms in total. The summed E-state index contributed by atoms with van der Waals surface area (Å²) in [6.45, 7) is 3.15. The van der Waals surface area contributed by atoms with Crippen LogP contribution in [0.4, 0.5) is 0 Å². The van der Waals surface area contributed by atoms with Gasteiger partial charge in [-0.05, 0) is 18.9 Å². The third-order valence-electron chi connectivity index (χ3n) is 2.22. The fourth-order valence-electron chi connectivity index (χ4n) is 1.34. The van der Waals surface area contributed by atoms with E-state index in [1.54, 1.807) is 6.92 Å². The summed E-state index contributed by atoms with van der Waals surface area (Å²) in [4.78, 5) is 0. The summed E-state index contributed by atoms with van der Waals surface area (Å²) in [5.41, 5.74) is 1.20. The number of ether oxygens (including phenoxy) is 1. The van der Waals surface area contributed by atoms with Crippen molar-refractivity contribution in [3.05, 3.63) is 35.9 Å². The maximum Gasteiger partial charge on any atom is 0.0716 e. The molecule has 17 heavy (non-hydrogen) atoms. The number of aliphatic hydroxyl groups excluding tert-OH is 1. The van der Waals surface area contributed by atoms with Crippen molar-refractivity contribution in [3.8, 4) is 11.8 Å². The number of aliphatic hydroxyl groups is 1. The Morgan fingerprint density at radius 2 is 2.00 bits per heavy atom. The minimum Gasteiger partial charge on any atom is -0.392 e. The average molecular weight is 232 g/mol. The van der Waals surface area contributed by atoms with Crippen LogP contribution in [0.2, 0.25) is 0 Å². The molecule has 2 heteroatoms. The van der Waals surface area contributed by atoms with Gasteiger partial charge in [-0.1, -0.05) is 30.3 Å². The molecule has 0 fully saturated rings. The van der Waals surface area contributed by atoms with Crippen LogP contribution in [0, 0.1) is 11.8 Å². The SMILES string of the molecule is CC(O)CC#CCCCOCc1ccccc1. The molecule has 0 bridgehead atoms. The summed E-state index contributed by atoms with van der Waals surface area (Å²) in [5.74, 6) is 5.96. The second-order valence-corrected chi connectivity index (χ2v) is 4.05. The average Bonchev–Trinajstić information content (AvgIpc) is 2.33. The first-order valence-corrected chi connectivity index (χ1v) is 6.04. The van der Waals surface area contributed by atoms with Gasteiger partial charge in [-0.15, -0.1) is 11.8 Å². The zero-order chi connectivity index (χ0) is 12.3. The van der Waals surface area contributed by atoms with Crippen molar-refractivity contribution < 1.29 is 9.84 Å². The van der Waals surface area contributed by atoms with Crippen LogP contribution >= 0.6 is 0 Å². The van der Waals surface area contributed by atoms with E-state index < -0.39 is 0 Å². The third kappa shape index (κ3) is 7.57. The van der Waals surface area contributed by atoms with Gasteiger partial charge in [0.05, 0.1) is 12.7 Å². The van der Waals surface area contributed by atoms with Gasteiger partial charge in [-0.25, -0.2) is 0 Å². The quantitative estimate of drug-likeness (QED) is 0.603. The van der Waals surface area contributed by atoms with Crippen LogP contribution in [0.5, 0.6) is 0 Å². The second-order valence-electron chi connectivity index (χ2n) is 4.05. The molecule has 1 aromatic carbocycles. The van der Waals surface area contributed by atoms with Crippen LogP contribution in [-0.4, -0.2) is 17.8 Å². The molecule has 1 N–H and O–H groups in total. The van der Waals surface area contributed by atoms with Gasteiger partial charge in [0.25, 0.3) is 0 Å². The number of hydrogen-bond acceptors (Lipinski definition) is 2. The topological polar surface area (TPSA) is 29.5 Å². The van der Waals surface area contributed by atoms with E-state index in [4.69, 9.17) is 9.84 Å². The standard InChI is InChI=1S/C15H20O2/c1-14(16)9-5-2-3-8-12-17-13-15-10-6-4-7-11-15/h4,6-7,10-11,14,16H,3,8-9,12-13H2,1H3. The van der Waals surface area contributed by atoms with Crippen LogP contribution in [0.15, 0.2) is 30.3 Å². The monoisotopic (exact) mass is 232 g/mol. The molecule has 0 aliphatic carbocycles. The van der Waals surface area contributed by atoms with Crippen LogP contribution in [-0.2, 0) is 11.3 Å². The predicted octanol–water partition coefficient (Wildman–Crippen LogP) is 2.76. The van der Waals surface area contributed by atoms with Crippen LogP contribution in [0.25, 0.3) is 0 Å². The molecular weight excluding hydrogens is 212 g/mol. The van der Waals surface area contributed by atoms with Gasteiger partial charge in [0.1, 0.15) is 0 Å². The summed E-state index contributed by atoms with van der Waals surface area (Å²) in [6.07, 6.45) is 2.02. The molecule has 0 aliphatic heterocycles. The molecule has 1 rings (SSSR count). The highest BCUT2D eigenvalue weighted by Crippen LogP contribution is 2.01. The summed E-state index contributed by atoms with van der Waals surface area (Å²) in [7, 11) is 0. The molecule has 0 aliphatic rings. The minimum atomic E-state index is -0.322. The van der Waals surface area contributed by atoms with Crippen molar-refractivity contribution in [2.45, 2.75) is 38.9 Å². The molecule has 92 valence electrons. The van der Waals surface area contributed by atoms with Crippen LogP contribution in [0.3, 0.4) is 0 Å². The molecule has 1 atom stereocenters. The largest absolute Gasteiger partial charge is 0.392 e. The van der Waals surface area contributed by atoms with Gasteiger partial charge in [-0.3, -0.25) is 0 Å². The van der Waals surface area contributed by atoms with Gasteiger partial charge in [0.2, 0.25) is 0 Å². The van der Waals surface area contributed by atoms with E-state index in [2.05, 4.69) is 24.0 Å². The van der Waals surface area contributed by atoms with E-state index in [1.165, 1.54) is 5.56 Å². The minimum absolute atomic E-state index is 0.322. The maximum atomic E-state index is 8.99. The first-order valence-electron chi connectivity index (χ1n) is 6.04. The summed E-state index contributed by atoms with van der Waals surface area (Å²) in [6, 6.07) is 10.1. The van der Waals surface area contributed by atoms with E-state index in [0.717, 1.165) is 19.4 Å². The molecule has 0 amide bonds. The Morgan fingerprint density at radius 1 is 1.24 bits per heavy atom. The van der Waals surface area contributed by atoms with E-state index in [0.29, 0.717) is 13.0 Å². The maximum absolute atomic E-state index is 8.99. The normalized spacial score (nSPS) is 11.6. The van der Waals surface area contributed by atoms with Crippen LogP contribution in [0.1, 0.15) is 31.7 Å². The number of rotatable bonds is 6. The lowest BCUT2D eigenvalue weighted by Gasteiger charge is -2.02. The number of hydrogen-bond donors (Lipinski definition) is 1. The van der Waals surface area contributed by atoms with E-state index in [1.807, 2.05) is 18.2 Å². The molecule has 0 aromatic heterocycles. The van der Waals surface area contributed by atoms with E-state index >= 15 is 0 Å². The molecule has 1 aromatic rings. The number of benzene rings is 1. The first kappa shape index (κ1) is 13.8. The van der Waals surface area contributed by atoms with Crippen molar-refractivity contribution in [1.29, 1.82) is 0 Å². The van der Waals surface area contributed by atoms with Crippen molar-refractivity contribution >= 4 is 0 Å². The van der Waals surface area contributed by atoms with Gasteiger partial charge in [0.15, 0.2) is 0 Å². The molecule has 0 saturated heterocycles. The first-order chi connectivity index (χ1) is 8.29. The molecule has 0 heterocycles. The highest BCUT2D eigenvalue weighted by atomic mass is 16.5. The highest BCUT2D eigenvalue weighted by Gasteiger charge is 1.91. The van der Waals surface area contributed by atoms with E-state index in [-0.39, 0.29) is 6.10 Å². The van der Waals surface area contributed by atoms with Gasteiger partial charge >= 0.3 is 0 Å². The molecule has 0 radical (unpaired) electrons. The molecule has 0 spiro atoms. The second kappa shape index (κ2) is 8.81.